The highest BCUT2D eigenvalue weighted by Gasteiger charge is 2.32. The number of hydrogen-bond donors (Lipinski definition) is 1. The van der Waals surface area contributed by atoms with Gasteiger partial charge in [-0.1, -0.05) is 0 Å². The Morgan fingerprint density at radius 1 is 1.43 bits per heavy atom. The maximum atomic E-state index is 12.2. The van der Waals surface area contributed by atoms with Gasteiger partial charge in [0.25, 0.3) is 5.91 Å². The summed E-state index contributed by atoms with van der Waals surface area (Å²) < 4.78 is 30.4. The third kappa shape index (κ3) is 4.23. The molecule has 0 aromatic heterocycles. The van der Waals surface area contributed by atoms with E-state index in [9.17, 15) is 13.2 Å². The van der Waals surface area contributed by atoms with E-state index >= 15 is 0 Å². The fourth-order valence-electron chi connectivity index (χ4n) is 2.87. The Morgan fingerprint density at radius 2 is 2.17 bits per heavy atom. The molecule has 1 N–H and O–H groups in total. The number of hydrogen-bond acceptors (Lipinski definition) is 4. The summed E-state index contributed by atoms with van der Waals surface area (Å²) in [5.74, 6) is -0.144. The van der Waals surface area contributed by atoms with Crippen LogP contribution in [-0.4, -0.2) is 46.4 Å². The van der Waals surface area contributed by atoms with Crippen LogP contribution >= 0.6 is 0 Å². The van der Waals surface area contributed by atoms with Crippen molar-refractivity contribution in [2.24, 2.45) is 0 Å². The summed E-state index contributed by atoms with van der Waals surface area (Å²) in [6.45, 7) is 5.66. The van der Waals surface area contributed by atoms with Crippen LogP contribution in [0.5, 0.6) is 0 Å². The summed E-state index contributed by atoms with van der Waals surface area (Å²) in [6.07, 6.45) is 2.59. The van der Waals surface area contributed by atoms with Gasteiger partial charge < -0.3 is 10.1 Å². The molecule has 1 atom stereocenters. The van der Waals surface area contributed by atoms with Gasteiger partial charge >= 0.3 is 0 Å². The highest BCUT2D eigenvalue weighted by molar-refractivity contribution is 7.92. The summed E-state index contributed by atoms with van der Waals surface area (Å²) in [5.41, 5.74) is 2.13. The summed E-state index contributed by atoms with van der Waals surface area (Å²) in [7, 11) is -3.30. The Kier molecular flexibility index (Phi) is 5.64. The minimum Gasteiger partial charge on any atom is -0.382 e. The second-order valence-corrected chi connectivity index (χ2v) is 7.62. The summed E-state index contributed by atoms with van der Waals surface area (Å²) in [4.78, 5) is 12.2. The van der Waals surface area contributed by atoms with Crippen molar-refractivity contribution < 1.29 is 17.9 Å². The van der Waals surface area contributed by atoms with Gasteiger partial charge in [-0.05, 0) is 50.5 Å². The first-order chi connectivity index (χ1) is 10.8. The molecule has 1 heterocycles. The van der Waals surface area contributed by atoms with Crippen molar-refractivity contribution in [3.05, 3.63) is 29.3 Å². The van der Waals surface area contributed by atoms with Crippen LogP contribution in [0.3, 0.4) is 0 Å². The summed E-state index contributed by atoms with van der Waals surface area (Å²) >= 11 is 0. The lowest BCUT2D eigenvalue weighted by molar-refractivity contribution is 0.0944. The topological polar surface area (TPSA) is 75.7 Å². The molecular formula is C16H24N2O4S. The zero-order chi connectivity index (χ0) is 17.0. The molecule has 2 rings (SSSR count). The molecule has 0 fully saturated rings. The number of anilines is 1. The van der Waals surface area contributed by atoms with Crippen molar-refractivity contribution in [1.82, 2.24) is 5.32 Å². The lowest BCUT2D eigenvalue weighted by Gasteiger charge is -2.21. The Balaban J connectivity index is 2.05. The first kappa shape index (κ1) is 17.7. The molecule has 6 nitrogen and oxygen atoms in total. The second-order valence-electron chi connectivity index (χ2n) is 5.76. The summed E-state index contributed by atoms with van der Waals surface area (Å²) in [6, 6.07) is 5.06. The molecule has 23 heavy (non-hydrogen) atoms. The minimum absolute atomic E-state index is 0.121. The second kappa shape index (κ2) is 7.31. The van der Waals surface area contributed by atoms with Gasteiger partial charge in [0.05, 0.1) is 11.9 Å². The number of benzene rings is 1. The van der Waals surface area contributed by atoms with E-state index in [0.29, 0.717) is 37.4 Å². The quantitative estimate of drug-likeness (QED) is 0.764. The molecule has 0 bridgehead atoms. The molecule has 7 heteroatoms. The zero-order valence-electron chi connectivity index (χ0n) is 13.8. The molecule has 0 spiro atoms. The predicted molar refractivity (Wildman–Crippen MR) is 90.4 cm³/mol. The van der Waals surface area contributed by atoms with Crippen LogP contribution < -0.4 is 9.62 Å². The fourth-order valence-corrected chi connectivity index (χ4v) is 4.14. The highest BCUT2D eigenvalue weighted by Crippen LogP contribution is 2.34. The number of carbonyl (C=O) groups excluding carboxylic acids is 1. The minimum atomic E-state index is -3.30. The third-order valence-corrected chi connectivity index (χ3v) is 5.08. The summed E-state index contributed by atoms with van der Waals surface area (Å²) in [5, 5.41) is 2.85. The van der Waals surface area contributed by atoms with Crippen molar-refractivity contribution in [3.63, 3.8) is 0 Å². The van der Waals surface area contributed by atoms with E-state index in [2.05, 4.69) is 5.32 Å². The number of nitrogens with one attached hydrogen (secondary N) is 1. The van der Waals surface area contributed by atoms with E-state index in [1.54, 1.807) is 18.2 Å². The number of sulfonamides is 1. The Morgan fingerprint density at radius 3 is 2.83 bits per heavy atom. The molecule has 1 aliphatic heterocycles. The van der Waals surface area contributed by atoms with Crippen LogP contribution in [0.15, 0.2) is 18.2 Å². The lowest BCUT2D eigenvalue weighted by Crippen LogP contribution is -2.34. The Bertz CT molecular complexity index is 673. The number of rotatable bonds is 7. The van der Waals surface area contributed by atoms with Crippen LogP contribution in [-0.2, 0) is 21.2 Å². The Labute approximate surface area is 137 Å². The number of nitrogens with zero attached hydrogens (tertiary/aromatic N) is 1. The van der Waals surface area contributed by atoms with E-state index in [1.165, 1.54) is 10.6 Å². The molecule has 0 saturated heterocycles. The molecule has 1 amide bonds. The van der Waals surface area contributed by atoms with Crippen molar-refractivity contribution in [3.8, 4) is 0 Å². The maximum Gasteiger partial charge on any atom is 0.251 e. The molecule has 0 radical (unpaired) electrons. The third-order valence-electron chi connectivity index (χ3n) is 3.81. The lowest BCUT2D eigenvalue weighted by atomic mass is 10.1. The normalized spacial score (nSPS) is 17.2. The largest absolute Gasteiger partial charge is 0.382 e. The van der Waals surface area contributed by atoms with E-state index < -0.39 is 10.0 Å². The molecule has 128 valence electrons. The number of ether oxygens (including phenoxy) is 1. The van der Waals surface area contributed by atoms with E-state index in [1.807, 2.05) is 13.8 Å². The van der Waals surface area contributed by atoms with Crippen LogP contribution in [0.2, 0.25) is 0 Å². The Hall–Kier alpha value is -1.60. The van der Waals surface area contributed by atoms with E-state index in [-0.39, 0.29) is 11.9 Å². The molecule has 0 aliphatic carbocycles. The molecule has 1 unspecified atom stereocenters. The van der Waals surface area contributed by atoms with Crippen molar-refractivity contribution in [2.75, 3.05) is 30.3 Å². The zero-order valence-corrected chi connectivity index (χ0v) is 14.6. The van der Waals surface area contributed by atoms with Gasteiger partial charge in [-0.3, -0.25) is 9.10 Å². The monoisotopic (exact) mass is 340 g/mol. The predicted octanol–water partition coefficient (Wildman–Crippen LogP) is 1.55. The molecule has 1 aromatic rings. The highest BCUT2D eigenvalue weighted by atomic mass is 32.2. The van der Waals surface area contributed by atoms with E-state index in [4.69, 9.17) is 4.74 Å². The van der Waals surface area contributed by atoms with Crippen LogP contribution in [0.1, 0.15) is 36.2 Å². The van der Waals surface area contributed by atoms with Crippen LogP contribution in [0, 0.1) is 0 Å². The van der Waals surface area contributed by atoms with Gasteiger partial charge in [0.1, 0.15) is 0 Å². The standard InChI is InChI=1S/C16H24N2O4S/c1-4-22-9-5-8-17-16(19)13-6-7-15-14(11-13)10-12(2)18(15)23(3,20)21/h6-7,11-12H,4-5,8-10H2,1-3H3,(H,17,19). The van der Waals surface area contributed by atoms with Crippen LogP contribution in [0.25, 0.3) is 0 Å². The molecular weight excluding hydrogens is 316 g/mol. The van der Waals surface area contributed by atoms with Crippen molar-refractivity contribution in [2.45, 2.75) is 32.7 Å². The number of amides is 1. The number of carbonyl (C=O) groups is 1. The van der Waals surface area contributed by atoms with Crippen molar-refractivity contribution >= 4 is 21.6 Å². The van der Waals surface area contributed by atoms with Gasteiger partial charge in [0.15, 0.2) is 0 Å². The fraction of sp³-hybridized carbons (Fsp3) is 0.562. The van der Waals surface area contributed by atoms with Gasteiger partial charge in [0.2, 0.25) is 10.0 Å². The maximum absolute atomic E-state index is 12.2. The molecule has 0 saturated carbocycles. The smallest absolute Gasteiger partial charge is 0.251 e. The van der Waals surface area contributed by atoms with Gasteiger partial charge in [-0.15, -0.1) is 0 Å². The van der Waals surface area contributed by atoms with Crippen LogP contribution in [0.4, 0.5) is 5.69 Å². The molecule has 1 aromatic carbocycles. The molecule has 1 aliphatic rings. The average Bonchev–Trinajstić information content (AvgIpc) is 2.81. The van der Waals surface area contributed by atoms with Crippen molar-refractivity contribution in [1.29, 1.82) is 0 Å². The SMILES string of the molecule is CCOCCCNC(=O)c1ccc2c(c1)CC(C)N2S(C)(=O)=O. The van der Waals surface area contributed by atoms with E-state index in [0.717, 1.165) is 12.0 Å². The van der Waals surface area contributed by atoms with Gasteiger partial charge in [0, 0.05) is 31.4 Å². The van der Waals surface area contributed by atoms with Gasteiger partial charge in [-0.25, -0.2) is 8.42 Å². The van der Waals surface area contributed by atoms with Gasteiger partial charge in [-0.2, -0.15) is 0 Å². The number of fused-ring (bicyclic) bond motifs is 1. The first-order valence-electron chi connectivity index (χ1n) is 7.83. The average molecular weight is 340 g/mol. The first-order valence-corrected chi connectivity index (χ1v) is 9.67.